The molecule has 3 rings (SSSR count). The fourth-order valence-corrected chi connectivity index (χ4v) is 2.30. The van der Waals surface area contributed by atoms with Crippen molar-refractivity contribution in [3.63, 3.8) is 0 Å². The van der Waals surface area contributed by atoms with E-state index in [0.717, 1.165) is 11.1 Å². The maximum Gasteiger partial charge on any atom is 0.471 e. The molecule has 7 nitrogen and oxygen atoms in total. The normalized spacial score (nSPS) is 12.1. The van der Waals surface area contributed by atoms with Crippen LogP contribution in [-0.2, 0) is 24.1 Å². The van der Waals surface area contributed by atoms with Gasteiger partial charge in [-0.15, -0.1) is 0 Å². The highest BCUT2D eigenvalue weighted by Crippen LogP contribution is 2.29. The fraction of sp³-hybridized carbons (Fsp3) is 0.312. The molecule has 0 unspecified atom stereocenters. The Bertz CT molecular complexity index is 857. The molecule has 3 aromatic rings. The Balaban J connectivity index is 1.67. The number of hydrogen-bond acceptors (Lipinski definition) is 6. The zero-order valence-corrected chi connectivity index (χ0v) is 14.1. The molecule has 0 saturated heterocycles. The SMILES string of the molecule is CON(C)Cc1cnn(Cc2ccc(-c3noc(C(F)(F)F)n3)cc2)c1. The lowest BCUT2D eigenvalue weighted by Gasteiger charge is -2.11. The lowest BCUT2D eigenvalue weighted by atomic mass is 10.1. The zero-order chi connectivity index (χ0) is 18.7. The molecule has 138 valence electrons. The van der Waals surface area contributed by atoms with E-state index in [9.17, 15) is 13.2 Å². The lowest BCUT2D eigenvalue weighted by Crippen LogP contribution is -2.15. The molecule has 0 aliphatic rings. The largest absolute Gasteiger partial charge is 0.471 e. The molecule has 0 saturated carbocycles. The summed E-state index contributed by atoms with van der Waals surface area (Å²) >= 11 is 0. The topological polar surface area (TPSA) is 69.2 Å². The van der Waals surface area contributed by atoms with Gasteiger partial charge >= 0.3 is 12.1 Å². The van der Waals surface area contributed by atoms with Crippen molar-refractivity contribution in [3.8, 4) is 11.4 Å². The number of aromatic nitrogens is 4. The Labute approximate surface area is 146 Å². The monoisotopic (exact) mass is 367 g/mol. The van der Waals surface area contributed by atoms with Crippen LogP contribution in [0, 0.1) is 0 Å². The molecular weight excluding hydrogens is 351 g/mol. The van der Waals surface area contributed by atoms with Gasteiger partial charge in [-0.3, -0.25) is 4.68 Å². The minimum atomic E-state index is -4.65. The highest BCUT2D eigenvalue weighted by Gasteiger charge is 2.38. The molecule has 0 bridgehead atoms. The van der Waals surface area contributed by atoms with Crippen LogP contribution in [0.25, 0.3) is 11.4 Å². The molecule has 2 heterocycles. The number of alkyl halides is 3. The maximum atomic E-state index is 12.5. The summed E-state index contributed by atoms with van der Waals surface area (Å²) in [5.74, 6) is -1.46. The highest BCUT2D eigenvalue weighted by atomic mass is 19.4. The predicted molar refractivity (Wildman–Crippen MR) is 84.5 cm³/mol. The maximum absolute atomic E-state index is 12.5. The Hall–Kier alpha value is -2.72. The van der Waals surface area contributed by atoms with Crippen LogP contribution >= 0.6 is 0 Å². The lowest BCUT2D eigenvalue weighted by molar-refractivity contribution is -0.159. The number of halogens is 3. The van der Waals surface area contributed by atoms with Gasteiger partial charge in [0.1, 0.15) is 0 Å². The quantitative estimate of drug-likeness (QED) is 0.624. The van der Waals surface area contributed by atoms with E-state index in [4.69, 9.17) is 4.84 Å². The summed E-state index contributed by atoms with van der Waals surface area (Å²) in [6.45, 7) is 1.13. The summed E-state index contributed by atoms with van der Waals surface area (Å²) in [5, 5.41) is 9.32. The Morgan fingerprint density at radius 2 is 1.92 bits per heavy atom. The van der Waals surface area contributed by atoms with E-state index in [1.165, 1.54) is 0 Å². The number of rotatable bonds is 6. The van der Waals surface area contributed by atoms with Gasteiger partial charge in [0.15, 0.2) is 0 Å². The molecule has 0 N–H and O–H groups in total. The first-order valence-corrected chi connectivity index (χ1v) is 7.62. The van der Waals surface area contributed by atoms with Gasteiger partial charge in [-0.1, -0.05) is 29.4 Å². The first-order valence-electron chi connectivity index (χ1n) is 7.62. The molecule has 10 heteroatoms. The van der Waals surface area contributed by atoms with Crippen LogP contribution in [0.5, 0.6) is 0 Å². The molecule has 2 aromatic heterocycles. The summed E-state index contributed by atoms with van der Waals surface area (Å²) in [7, 11) is 3.41. The second-order valence-electron chi connectivity index (χ2n) is 5.63. The van der Waals surface area contributed by atoms with E-state index >= 15 is 0 Å². The third kappa shape index (κ3) is 4.27. The van der Waals surface area contributed by atoms with Crippen LogP contribution in [-0.4, -0.2) is 39.1 Å². The summed E-state index contributed by atoms with van der Waals surface area (Å²) < 4.78 is 43.5. The molecule has 0 aliphatic heterocycles. The average molecular weight is 367 g/mol. The van der Waals surface area contributed by atoms with Crippen LogP contribution in [0.4, 0.5) is 13.2 Å². The minimum absolute atomic E-state index is 0.104. The smallest absolute Gasteiger partial charge is 0.329 e. The van der Waals surface area contributed by atoms with Crippen molar-refractivity contribution in [2.45, 2.75) is 19.3 Å². The van der Waals surface area contributed by atoms with Gasteiger partial charge in [0.05, 0.1) is 26.4 Å². The van der Waals surface area contributed by atoms with Gasteiger partial charge in [0.25, 0.3) is 0 Å². The summed E-state index contributed by atoms with van der Waals surface area (Å²) in [4.78, 5) is 8.43. The van der Waals surface area contributed by atoms with Crippen LogP contribution in [0.2, 0.25) is 0 Å². The summed E-state index contributed by atoms with van der Waals surface area (Å²) in [6, 6.07) is 6.84. The van der Waals surface area contributed by atoms with Crippen molar-refractivity contribution >= 4 is 0 Å². The first kappa shape index (κ1) is 18.1. The van der Waals surface area contributed by atoms with Gasteiger partial charge in [-0.25, -0.2) is 0 Å². The van der Waals surface area contributed by atoms with E-state index in [2.05, 4.69) is 19.8 Å². The second-order valence-corrected chi connectivity index (χ2v) is 5.63. The Kier molecular flexibility index (Phi) is 5.05. The number of hydrogen-bond donors (Lipinski definition) is 0. The van der Waals surface area contributed by atoms with Gasteiger partial charge in [-0.2, -0.15) is 28.3 Å². The second kappa shape index (κ2) is 7.26. The minimum Gasteiger partial charge on any atom is -0.329 e. The Morgan fingerprint density at radius 3 is 2.54 bits per heavy atom. The van der Waals surface area contributed by atoms with E-state index in [1.807, 2.05) is 13.2 Å². The fourth-order valence-electron chi connectivity index (χ4n) is 2.30. The molecule has 0 radical (unpaired) electrons. The molecule has 0 spiro atoms. The van der Waals surface area contributed by atoms with Gasteiger partial charge in [0, 0.05) is 24.4 Å². The standard InChI is InChI=1S/C16H16F3N5O2/c1-23(25-2)8-12-7-20-24(10-12)9-11-3-5-13(6-4-11)14-21-15(26-22-14)16(17,18)19/h3-7,10H,8-9H2,1-2H3. The van der Waals surface area contributed by atoms with Crippen molar-refractivity contribution in [1.82, 2.24) is 25.0 Å². The van der Waals surface area contributed by atoms with Crippen molar-refractivity contribution in [1.29, 1.82) is 0 Å². The van der Waals surface area contributed by atoms with Crippen molar-refractivity contribution in [2.24, 2.45) is 0 Å². The Morgan fingerprint density at radius 1 is 1.19 bits per heavy atom. The molecular formula is C16H16F3N5O2. The average Bonchev–Trinajstić information content (AvgIpc) is 3.25. The molecule has 1 aromatic carbocycles. The van der Waals surface area contributed by atoms with Gasteiger partial charge in [-0.05, 0) is 5.56 Å². The zero-order valence-electron chi connectivity index (χ0n) is 14.1. The first-order chi connectivity index (χ1) is 12.3. The van der Waals surface area contributed by atoms with E-state index < -0.39 is 12.1 Å². The highest BCUT2D eigenvalue weighted by molar-refractivity contribution is 5.54. The summed E-state index contributed by atoms with van der Waals surface area (Å²) in [5.41, 5.74) is 2.37. The number of benzene rings is 1. The van der Waals surface area contributed by atoms with E-state index in [0.29, 0.717) is 18.7 Å². The summed E-state index contributed by atoms with van der Waals surface area (Å²) in [6.07, 6.45) is -1.00. The molecule has 0 aliphatic carbocycles. The van der Waals surface area contributed by atoms with Crippen LogP contribution in [0.1, 0.15) is 17.0 Å². The van der Waals surface area contributed by atoms with Crippen molar-refractivity contribution in [3.05, 3.63) is 53.7 Å². The number of hydroxylamine groups is 2. The van der Waals surface area contributed by atoms with Gasteiger partial charge < -0.3 is 9.36 Å². The van der Waals surface area contributed by atoms with Crippen LogP contribution in [0.15, 0.2) is 41.2 Å². The third-order valence-electron chi connectivity index (χ3n) is 3.63. The molecule has 0 amide bonds. The third-order valence-corrected chi connectivity index (χ3v) is 3.63. The van der Waals surface area contributed by atoms with Gasteiger partial charge in [0.2, 0.25) is 5.82 Å². The van der Waals surface area contributed by atoms with E-state index in [-0.39, 0.29) is 5.82 Å². The van der Waals surface area contributed by atoms with E-state index in [1.54, 1.807) is 47.3 Å². The van der Waals surface area contributed by atoms with Crippen molar-refractivity contribution in [2.75, 3.05) is 14.2 Å². The number of nitrogens with zero attached hydrogens (tertiary/aromatic N) is 5. The van der Waals surface area contributed by atoms with Crippen LogP contribution < -0.4 is 0 Å². The van der Waals surface area contributed by atoms with Crippen molar-refractivity contribution < 1.29 is 22.5 Å². The molecule has 26 heavy (non-hydrogen) atoms. The van der Waals surface area contributed by atoms with Crippen LogP contribution in [0.3, 0.4) is 0 Å². The molecule has 0 atom stereocenters. The molecule has 0 fully saturated rings. The predicted octanol–water partition coefficient (Wildman–Crippen LogP) is 2.99.